The molecule has 126 valence electrons. The molecule has 1 aromatic carbocycles. The van der Waals surface area contributed by atoms with E-state index < -0.39 is 0 Å². The van der Waals surface area contributed by atoms with Crippen LogP contribution in [-0.2, 0) is 6.54 Å². The number of amides is 1. The van der Waals surface area contributed by atoms with E-state index in [2.05, 4.69) is 21.3 Å². The molecule has 5 nitrogen and oxygen atoms in total. The summed E-state index contributed by atoms with van der Waals surface area (Å²) in [5, 5.41) is 12.1. The van der Waals surface area contributed by atoms with Gasteiger partial charge >= 0.3 is 0 Å². The fraction of sp³-hybridized carbons (Fsp3) is 0.350. The Hall–Kier alpha value is -2.87. The van der Waals surface area contributed by atoms with Crippen LogP contribution in [0, 0.1) is 11.3 Å². The molecule has 0 aliphatic heterocycles. The quantitative estimate of drug-likeness (QED) is 0.883. The summed E-state index contributed by atoms with van der Waals surface area (Å²) in [5.41, 5.74) is 2.28. The number of anilines is 1. The molecular weight excluding hydrogens is 312 g/mol. The van der Waals surface area contributed by atoms with Gasteiger partial charge in [-0.2, -0.15) is 5.26 Å². The molecule has 0 bridgehead atoms. The highest BCUT2D eigenvalue weighted by molar-refractivity contribution is 5.94. The minimum absolute atomic E-state index is 0.0106. The third-order valence-corrected chi connectivity index (χ3v) is 4.61. The van der Waals surface area contributed by atoms with Crippen LogP contribution < -0.4 is 10.2 Å². The Kier molecular flexibility index (Phi) is 4.10. The fourth-order valence-electron chi connectivity index (χ4n) is 2.88. The number of nitrogens with zero attached hydrogens (tertiary/aromatic N) is 3. The van der Waals surface area contributed by atoms with Crippen molar-refractivity contribution in [3.8, 4) is 6.07 Å². The molecule has 25 heavy (non-hydrogen) atoms. The average Bonchev–Trinajstić information content (AvgIpc) is 3.54. The Bertz CT molecular complexity index is 816. The molecular formula is C20H20N4O. The standard InChI is InChI=1S/C20H20N4O/c21-12-17-2-1-3-19(22-17)24(18-10-11-18)13-14-4-6-15(7-5-14)20(25)23-16-8-9-16/h1-7,16,18H,8-11,13H2,(H,23,25). The third kappa shape index (κ3) is 3.80. The number of rotatable bonds is 6. The summed E-state index contributed by atoms with van der Waals surface area (Å²) in [4.78, 5) is 18.8. The molecule has 0 saturated heterocycles. The van der Waals surface area contributed by atoms with Crippen LogP contribution >= 0.6 is 0 Å². The second-order valence-electron chi connectivity index (χ2n) is 6.80. The fourth-order valence-corrected chi connectivity index (χ4v) is 2.88. The molecule has 5 heteroatoms. The second-order valence-corrected chi connectivity index (χ2v) is 6.80. The van der Waals surface area contributed by atoms with Gasteiger partial charge in [-0.1, -0.05) is 18.2 Å². The highest BCUT2D eigenvalue weighted by Crippen LogP contribution is 2.32. The van der Waals surface area contributed by atoms with E-state index in [0.29, 0.717) is 23.3 Å². The molecule has 0 atom stereocenters. The van der Waals surface area contributed by atoms with E-state index in [4.69, 9.17) is 5.26 Å². The highest BCUT2D eigenvalue weighted by atomic mass is 16.1. The first-order valence-corrected chi connectivity index (χ1v) is 8.76. The molecule has 1 amide bonds. The van der Waals surface area contributed by atoms with Crippen LogP contribution in [0.4, 0.5) is 5.82 Å². The van der Waals surface area contributed by atoms with Crippen molar-refractivity contribution < 1.29 is 4.79 Å². The minimum Gasteiger partial charge on any atom is -0.349 e. The summed E-state index contributed by atoms with van der Waals surface area (Å²) in [5.74, 6) is 0.855. The third-order valence-electron chi connectivity index (χ3n) is 4.61. The van der Waals surface area contributed by atoms with Gasteiger partial charge in [0, 0.05) is 24.2 Å². The van der Waals surface area contributed by atoms with Gasteiger partial charge in [0.1, 0.15) is 17.6 Å². The van der Waals surface area contributed by atoms with Crippen molar-refractivity contribution in [2.24, 2.45) is 0 Å². The predicted molar refractivity (Wildman–Crippen MR) is 95.1 cm³/mol. The number of nitriles is 1. The summed E-state index contributed by atoms with van der Waals surface area (Å²) in [6.07, 6.45) is 4.49. The van der Waals surface area contributed by atoms with E-state index in [0.717, 1.165) is 43.6 Å². The van der Waals surface area contributed by atoms with Crippen LogP contribution in [-0.4, -0.2) is 23.0 Å². The molecule has 1 aromatic heterocycles. The molecule has 0 radical (unpaired) electrons. The van der Waals surface area contributed by atoms with Crippen LogP contribution in [0.3, 0.4) is 0 Å². The van der Waals surface area contributed by atoms with E-state index in [1.165, 1.54) is 0 Å². The normalized spacial score (nSPS) is 16.1. The zero-order chi connectivity index (χ0) is 17.2. The molecule has 2 aliphatic rings. The van der Waals surface area contributed by atoms with Crippen LogP contribution in [0.5, 0.6) is 0 Å². The summed E-state index contributed by atoms with van der Waals surface area (Å²) in [7, 11) is 0. The summed E-state index contributed by atoms with van der Waals surface area (Å²) in [6, 6.07) is 16.3. The van der Waals surface area contributed by atoms with Gasteiger partial charge in [0.25, 0.3) is 5.91 Å². The molecule has 0 spiro atoms. The van der Waals surface area contributed by atoms with Crippen LogP contribution in [0.2, 0.25) is 0 Å². The summed E-state index contributed by atoms with van der Waals surface area (Å²) < 4.78 is 0. The van der Waals surface area contributed by atoms with Gasteiger partial charge in [-0.05, 0) is 55.5 Å². The van der Waals surface area contributed by atoms with Gasteiger partial charge in [0.2, 0.25) is 0 Å². The largest absolute Gasteiger partial charge is 0.349 e. The predicted octanol–water partition coefficient (Wildman–Crippen LogP) is 3.01. The Labute approximate surface area is 147 Å². The van der Waals surface area contributed by atoms with Crippen molar-refractivity contribution in [1.29, 1.82) is 5.26 Å². The Morgan fingerprint density at radius 1 is 1.16 bits per heavy atom. The van der Waals surface area contributed by atoms with Crippen molar-refractivity contribution in [1.82, 2.24) is 10.3 Å². The monoisotopic (exact) mass is 332 g/mol. The molecule has 1 heterocycles. The van der Waals surface area contributed by atoms with E-state index in [1.807, 2.05) is 36.4 Å². The van der Waals surface area contributed by atoms with Crippen LogP contribution in [0.1, 0.15) is 47.3 Å². The van der Waals surface area contributed by atoms with Gasteiger partial charge in [0.15, 0.2) is 0 Å². The number of hydrogen-bond acceptors (Lipinski definition) is 4. The summed E-state index contributed by atoms with van der Waals surface area (Å²) >= 11 is 0. The zero-order valence-electron chi connectivity index (χ0n) is 14.0. The van der Waals surface area contributed by atoms with Crippen molar-refractivity contribution in [3.63, 3.8) is 0 Å². The van der Waals surface area contributed by atoms with Crippen molar-refractivity contribution in [2.75, 3.05) is 4.90 Å². The molecule has 1 N–H and O–H groups in total. The summed E-state index contributed by atoms with van der Waals surface area (Å²) in [6.45, 7) is 0.733. The maximum Gasteiger partial charge on any atom is 0.251 e. The molecule has 4 rings (SSSR count). The first-order valence-electron chi connectivity index (χ1n) is 8.76. The van der Waals surface area contributed by atoms with Crippen molar-refractivity contribution in [3.05, 3.63) is 59.3 Å². The van der Waals surface area contributed by atoms with E-state index >= 15 is 0 Å². The van der Waals surface area contributed by atoms with Gasteiger partial charge in [-0.25, -0.2) is 4.98 Å². The number of hydrogen-bond donors (Lipinski definition) is 1. The minimum atomic E-state index is 0.0106. The second kappa shape index (κ2) is 6.56. The smallest absolute Gasteiger partial charge is 0.251 e. The van der Waals surface area contributed by atoms with E-state index in [-0.39, 0.29) is 5.91 Å². The SMILES string of the molecule is N#Cc1cccc(N(Cc2ccc(C(=O)NC3CC3)cc2)C2CC2)n1. The number of carbonyl (C=O) groups is 1. The maximum absolute atomic E-state index is 12.1. The Balaban J connectivity index is 1.48. The number of nitrogens with one attached hydrogen (secondary N) is 1. The molecule has 2 aromatic rings. The average molecular weight is 332 g/mol. The first kappa shape index (κ1) is 15.6. The zero-order valence-corrected chi connectivity index (χ0v) is 14.0. The molecule has 2 fully saturated rings. The molecule has 2 aliphatic carbocycles. The van der Waals surface area contributed by atoms with Gasteiger partial charge in [-0.15, -0.1) is 0 Å². The lowest BCUT2D eigenvalue weighted by molar-refractivity contribution is 0.0951. The Morgan fingerprint density at radius 3 is 2.56 bits per heavy atom. The number of pyridine rings is 1. The van der Waals surface area contributed by atoms with Gasteiger partial charge in [0.05, 0.1) is 0 Å². The van der Waals surface area contributed by atoms with Crippen molar-refractivity contribution >= 4 is 11.7 Å². The lowest BCUT2D eigenvalue weighted by atomic mass is 10.1. The van der Waals surface area contributed by atoms with Crippen molar-refractivity contribution in [2.45, 2.75) is 44.3 Å². The lowest BCUT2D eigenvalue weighted by Gasteiger charge is -2.23. The Morgan fingerprint density at radius 2 is 1.92 bits per heavy atom. The highest BCUT2D eigenvalue weighted by Gasteiger charge is 2.30. The van der Waals surface area contributed by atoms with Gasteiger partial charge in [-0.3, -0.25) is 4.79 Å². The topological polar surface area (TPSA) is 69.0 Å². The lowest BCUT2D eigenvalue weighted by Crippen LogP contribution is -2.27. The van der Waals surface area contributed by atoms with E-state index in [9.17, 15) is 4.79 Å². The maximum atomic E-state index is 12.1. The number of aromatic nitrogens is 1. The first-order chi connectivity index (χ1) is 12.2. The van der Waals surface area contributed by atoms with Crippen LogP contribution in [0.15, 0.2) is 42.5 Å². The number of carbonyl (C=O) groups excluding carboxylic acids is 1. The van der Waals surface area contributed by atoms with Gasteiger partial charge < -0.3 is 10.2 Å². The number of benzene rings is 1. The molecule has 2 saturated carbocycles. The van der Waals surface area contributed by atoms with Crippen LogP contribution in [0.25, 0.3) is 0 Å². The molecule has 0 unspecified atom stereocenters. The van der Waals surface area contributed by atoms with E-state index in [1.54, 1.807) is 6.07 Å².